The van der Waals surface area contributed by atoms with E-state index in [0.29, 0.717) is 6.54 Å². The Hall–Kier alpha value is -0.0200. The molecule has 0 aromatic carbocycles. The van der Waals surface area contributed by atoms with E-state index in [2.05, 4.69) is 68.8 Å². The highest BCUT2D eigenvalue weighted by Crippen LogP contribution is 2.24. The first kappa shape index (κ1) is 23.0. The summed E-state index contributed by atoms with van der Waals surface area (Å²) < 4.78 is 0.191. The van der Waals surface area contributed by atoms with Gasteiger partial charge >= 0.3 is 0 Å². The molecule has 1 aromatic heterocycles. The molecule has 0 saturated heterocycles. The highest BCUT2D eigenvalue weighted by atomic mass is 127. The molecule has 0 amide bonds. The fourth-order valence-corrected chi connectivity index (χ4v) is 2.75. The lowest BCUT2D eigenvalue weighted by Gasteiger charge is -2.23. The number of nitrogens with one attached hydrogen (secondary N) is 2. The normalized spacial score (nSPS) is 12.7. The standard InChI is InChI=1S/C16H30N4S2.HI/c1-8-17-14(19-11-16(5,6)21-7)18-9-13-20-12(10-22-13)15(2,3)4;/h10H,8-9,11H2,1-7H3,(H2,17,18,19);1H. The first-order valence-electron chi connectivity index (χ1n) is 7.70. The van der Waals surface area contributed by atoms with E-state index in [-0.39, 0.29) is 34.1 Å². The van der Waals surface area contributed by atoms with Gasteiger partial charge < -0.3 is 10.6 Å². The van der Waals surface area contributed by atoms with Gasteiger partial charge in [0.1, 0.15) is 5.01 Å². The first-order chi connectivity index (χ1) is 10.2. The number of thioether (sulfide) groups is 1. The van der Waals surface area contributed by atoms with E-state index < -0.39 is 0 Å². The molecule has 0 radical (unpaired) electrons. The molecule has 2 N–H and O–H groups in total. The third kappa shape index (κ3) is 8.58. The van der Waals surface area contributed by atoms with Gasteiger partial charge in [0.05, 0.1) is 12.2 Å². The zero-order chi connectivity index (χ0) is 16.8. The maximum atomic E-state index is 4.69. The summed E-state index contributed by atoms with van der Waals surface area (Å²) in [6, 6.07) is 0. The van der Waals surface area contributed by atoms with Crippen LogP contribution >= 0.6 is 47.1 Å². The van der Waals surface area contributed by atoms with Crippen LogP contribution in [0, 0.1) is 0 Å². The Balaban J connectivity index is 0.00000484. The summed E-state index contributed by atoms with van der Waals surface area (Å²) in [5, 5.41) is 9.91. The Labute approximate surface area is 166 Å². The lowest BCUT2D eigenvalue weighted by Crippen LogP contribution is -2.43. The summed E-state index contributed by atoms with van der Waals surface area (Å²) >= 11 is 3.54. The Bertz CT molecular complexity index is 493. The molecule has 0 aliphatic heterocycles. The number of hydrogen-bond donors (Lipinski definition) is 2. The van der Waals surface area contributed by atoms with Crippen LogP contribution in [-0.2, 0) is 12.0 Å². The van der Waals surface area contributed by atoms with Crippen LogP contribution in [0.3, 0.4) is 0 Å². The van der Waals surface area contributed by atoms with Gasteiger partial charge in [-0.25, -0.2) is 9.98 Å². The third-order valence-electron chi connectivity index (χ3n) is 3.27. The van der Waals surface area contributed by atoms with E-state index in [1.54, 1.807) is 11.3 Å². The number of aliphatic imine (C=N–C) groups is 1. The maximum absolute atomic E-state index is 4.69. The Morgan fingerprint density at radius 2 is 1.91 bits per heavy atom. The van der Waals surface area contributed by atoms with Crippen LogP contribution in [0.2, 0.25) is 0 Å². The molecule has 0 spiro atoms. The molecule has 1 heterocycles. The van der Waals surface area contributed by atoms with Crippen LogP contribution in [0.25, 0.3) is 0 Å². The van der Waals surface area contributed by atoms with Crippen molar-refractivity contribution < 1.29 is 0 Å². The third-order valence-corrected chi connectivity index (χ3v) is 5.35. The zero-order valence-electron chi connectivity index (χ0n) is 15.3. The van der Waals surface area contributed by atoms with Crippen LogP contribution in [0.4, 0.5) is 0 Å². The molecule has 0 aliphatic rings. The van der Waals surface area contributed by atoms with Gasteiger partial charge in [0, 0.05) is 28.6 Å². The average molecular weight is 470 g/mol. The van der Waals surface area contributed by atoms with Crippen LogP contribution in [-0.4, -0.2) is 35.0 Å². The maximum Gasteiger partial charge on any atom is 0.191 e. The second-order valence-electron chi connectivity index (χ2n) is 6.89. The average Bonchev–Trinajstić information content (AvgIpc) is 2.91. The predicted molar refractivity (Wildman–Crippen MR) is 117 cm³/mol. The molecule has 4 nitrogen and oxygen atoms in total. The number of thiazole rings is 1. The van der Waals surface area contributed by atoms with Crippen molar-refractivity contribution in [2.45, 2.75) is 58.2 Å². The van der Waals surface area contributed by atoms with Crippen molar-refractivity contribution in [2.75, 3.05) is 19.3 Å². The topological polar surface area (TPSA) is 49.3 Å². The van der Waals surface area contributed by atoms with E-state index in [0.717, 1.165) is 29.8 Å². The monoisotopic (exact) mass is 470 g/mol. The van der Waals surface area contributed by atoms with Crippen molar-refractivity contribution in [2.24, 2.45) is 4.99 Å². The summed E-state index contributed by atoms with van der Waals surface area (Å²) in [6.07, 6.45) is 2.13. The van der Waals surface area contributed by atoms with Gasteiger partial charge in [-0.3, -0.25) is 0 Å². The highest BCUT2D eigenvalue weighted by Gasteiger charge is 2.18. The minimum atomic E-state index is 0. The van der Waals surface area contributed by atoms with Gasteiger partial charge in [-0.15, -0.1) is 35.3 Å². The van der Waals surface area contributed by atoms with Crippen molar-refractivity contribution in [1.29, 1.82) is 0 Å². The Morgan fingerprint density at radius 1 is 1.26 bits per heavy atom. The first-order valence-corrected chi connectivity index (χ1v) is 9.80. The Morgan fingerprint density at radius 3 is 2.39 bits per heavy atom. The van der Waals surface area contributed by atoms with Gasteiger partial charge in [-0.1, -0.05) is 20.8 Å². The number of guanidine groups is 1. The van der Waals surface area contributed by atoms with Crippen LogP contribution in [0.5, 0.6) is 0 Å². The molecule has 7 heteroatoms. The summed E-state index contributed by atoms with van der Waals surface area (Å²) in [4.78, 5) is 9.34. The molecule has 1 aromatic rings. The quantitative estimate of drug-likeness (QED) is 0.371. The second kappa shape index (κ2) is 10.1. The molecule has 23 heavy (non-hydrogen) atoms. The summed E-state index contributed by atoms with van der Waals surface area (Å²) in [7, 11) is 0. The molecule has 0 unspecified atom stereocenters. The predicted octanol–water partition coefficient (Wildman–Crippen LogP) is 4.26. The van der Waals surface area contributed by atoms with Gasteiger partial charge in [-0.2, -0.15) is 11.8 Å². The summed E-state index contributed by atoms with van der Waals surface area (Å²) in [6.45, 7) is 15.5. The minimum Gasteiger partial charge on any atom is -0.357 e. The van der Waals surface area contributed by atoms with E-state index in [1.807, 2.05) is 11.8 Å². The number of aromatic nitrogens is 1. The van der Waals surface area contributed by atoms with Gasteiger partial charge in [0.25, 0.3) is 0 Å². The molecule has 0 bridgehead atoms. The summed E-state index contributed by atoms with van der Waals surface area (Å²) in [5.41, 5.74) is 1.24. The number of halogens is 1. The lowest BCUT2D eigenvalue weighted by atomic mass is 9.93. The number of rotatable bonds is 6. The second-order valence-corrected chi connectivity index (χ2v) is 9.35. The highest BCUT2D eigenvalue weighted by molar-refractivity contribution is 14.0. The molecule has 0 fully saturated rings. The van der Waals surface area contributed by atoms with Crippen LogP contribution in [0.1, 0.15) is 52.2 Å². The lowest BCUT2D eigenvalue weighted by molar-refractivity contribution is 0.571. The Kier molecular flexibility index (Phi) is 10.1. The molecule has 134 valence electrons. The van der Waals surface area contributed by atoms with E-state index in [4.69, 9.17) is 4.98 Å². The molecular weight excluding hydrogens is 439 g/mol. The van der Waals surface area contributed by atoms with Gasteiger partial charge in [0.2, 0.25) is 0 Å². The van der Waals surface area contributed by atoms with Crippen molar-refractivity contribution in [3.63, 3.8) is 0 Å². The molecule has 1 rings (SSSR count). The number of nitrogens with zero attached hydrogens (tertiary/aromatic N) is 2. The molecule has 0 atom stereocenters. The molecule has 0 aliphatic carbocycles. The van der Waals surface area contributed by atoms with Gasteiger partial charge in [0.15, 0.2) is 5.96 Å². The van der Waals surface area contributed by atoms with Crippen molar-refractivity contribution in [1.82, 2.24) is 15.6 Å². The summed E-state index contributed by atoms with van der Waals surface area (Å²) in [5.74, 6) is 0.858. The van der Waals surface area contributed by atoms with Crippen LogP contribution < -0.4 is 10.6 Å². The molecular formula is C16H31IN4S2. The smallest absolute Gasteiger partial charge is 0.191 e. The number of hydrogen-bond acceptors (Lipinski definition) is 4. The van der Waals surface area contributed by atoms with E-state index >= 15 is 0 Å². The SMILES string of the molecule is CCNC(=NCc1nc(C(C)(C)C)cs1)NCC(C)(C)SC.I. The van der Waals surface area contributed by atoms with Crippen molar-refractivity contribution in [3.8, 4) is 0 Å². The minimum absolute atomic E-state index is 0. The fraction of sp³-hybridized carbons (Fsp3) is 0.750. The fourth-order valence-electron chi connectivity index (χ4n) is 1.59. The van der Waals surface area contributed by atoms with Crippen LogP contribution in [0.15, 0.2) is 10.4 Å². The van der Waals surface area contributed by atoms with Crippen molar-refractivity contribution >= 4 is 53.0 Å². The van der Waals surface area contributed by atoms with E-state index in [9.17, 15) is 0 Å². The largest absolute Gasteiger partial charge is 0.357 e. The van der Waals surface area contributed by atoms with Gasteiger partial charge in [-0.05, 0) is 27.0 Å². The van der Waals surface area contributed by atoms with E-state index in [1.165, 1.54) is 0 Å². The molecule has 0 saturated carbocycles. The van der Waals surface area contributed by atoms with Crippen molar-refractivity contribution in [3.05, 3.63) is 16.1 Å². The zero-order valence-corrected chi connectivity index (χ0v) is 19.3.